The molecular weight excluding hydrogens is 386 g/mol. The Hall–Kier alpha value is -2.98. The van der Waals surface area contributed by atoms with Crippen molar-refractivity contribution in [3.63, 3.8) is 0 Å². The molecular formula is C24H24ClNO3. The molecule has 0 saturated heterocycles. The molecule has 0 N–H and O–H groups in total. The number of rotatable bonds is 7. The summed E-state index contributed by atoms with van der Waals surface area (Å²) >= 11 is 6.30. The van der Waals surface area contributed by atoms with Crippen molar-refractivity contribution in [3.05, 3.63) is 88.4 Å². The van der Waals surface area contributed by atoms with Crippen LogP contribution in [0, 0.1) is 0 Å². The van der Waals surface area contributed by atoms with Gasteiger partial charge in [0, 0.05) is 23.2 Å². The van der Waals surface area contributed by atoms with Crippen molar-refractivity contribution < 1.29 is 14.3 Å². The molecule has 150 valence electrons. The number of benzene rings is 3. The summed E-state index contributed by atoms with van der Waals surface area (Å²) in [6.07, 6.45) is 0.701. The summed E-state index contributed by atoms with van der Waals surface area (Å²) in [4.78, 5) is 14.4. The topological polar surface area (TPSA) is 38.8 Å². The molecule has 0 atom stereocenters. The zero-order valence-corrected chi connectivity index (χ0v) is 17.6. The van der Waals surface area contributed by atoms with Gasteiger partial charge in [-0.25, -0.2) is 0 Å². The van der Waals surface area contributed by atoms with Crippen LogP contribution in [-0.4, -0.2) is 20.1 Å². The molecule has 29 heavy (non-hydrogen) atoms. The average Bonchev–Trinajstić information content (AvgIpc) is 2.73. The highest BCUT2D eigenvalue weighted by atomic mass is 35.5. The van der Waals surface area contributed by atoms with E-state index in [-0.39, 0.29) is 5.91 Å². The van der Waals surface area contributed by atoms with Crippen LogP contribution in [0.15, 0.2) is 66.7 Å². The molecule has 1 amide bonds. The van der Waals surface area contributed by atoms with Gasteiger partial charge in [0.15, 0.2) is 0 Å². The minimum atomic E-state index is -0.0774. The fraction of sp³-hybridized carbons (Fsp3) is 0.208. The Kier molecular flexibility index (Phi) is 6.78. The van der Waals surface area contributed by atoms with Gasteiger partial charge in [0.1, 0.15) is 11.5 Å². The molecule has 5 heteroatoms. The van der Waals surface area contributed by atoms with E-state index in [1.54, 1.807) is 26.0 Å². The molecule has 0 unspecified atom stereocenters. The second-order valence-corrected chi connectivity index (χ2v) is 7.15. The Morgan fingerprint density at radius 2 is 1.69 bits per heavy atom. The van der Waals surface area contributed by atoms with Gasteiger partial charge >= 0.3 is 0 Å². The summed E-state index contributed by atoms with van der Waals surface area (Å²) in [5, 5.41) is 0.584. The lowest BCUT2D eigenvalue weighted by molar-refractivity contribution is -0.116. The molecule has 0 saturated carbocycles. The Bertz CT molecular complexity index is 989. The third-order valence-electron chi connectivity index (χ3n) is 4.77. The third-order valence-corrected chi connectivity index (χ3v) is 5.01. The Morgan fingerprint density at radius 1 is 0.931 bits per heavy atom. The van der Waals surface area contributed by atoms with E-state index >= 15 is 0 Å². The van der Waals surface area contributed by atoms with Crippen LogP contribution in [0.2, 0.25) is 5.02 Å². The quantitative estimate of drug-likeness (QED) is 0.517. The van der Waals surface area contributed by atoms with Crippen LogP contribution < -0.4 is 14.4 Å². The first kappa shape index (κ1) is 20.7. The number of amides is 1. The lowest BCUT2D eigenvalue weighted by Gasteiger charge is -2.25. The lowest BCUT2D eigenvalue weighted by Crippen LogP contribution is -2.29. The standard InChI is InChI=1S/C24H24ClNO3/c1-17(27)26(16-20-14-22(28-2)11-12-24(20)29-3)23-15-21(25)10-9-19(23)13-18-7-5-4-6-8-18/h4-12,14-15H,13,16H2,1-3H3. The molecule has 0 bridgehead atoms. The smallest absolute Gasteiger partial charge is 0.224 e. The summed E-state index contributed by atoms with van der Waals surface area (Å²) in [6.45, 7) is 1.90. The largest absolute Gasteiger partial charge is 0.497 e. The lowest BCUT2D eigenvalue weighted by atomic mass is 10.0. The second-order valence-electron chi connectivity index (χ2n) is 6.72. The van der Waals surface area contributed by atoms with Gasteiger partial charge in [-0.05, 0) is 47.9 Å². The van der Waals surface area contributed by atoms with Crippen molar-refractivity contribution in [2.45, 2.75) is 19.9 Å². The predicted octanol–water partition coefficient (Wildman–Crippen LogP) is 5.50. The van der Waals surface area contributed by atoms with E-state index < -0.39 is 0 Å². The number of carbonyl (C=O) groups is 1. The highest BCUT2D eigenvalue weighted by Gasteiger charge is 2.19. The van der Waals surface area contributed by atoms with E-state index in [0.717, 1.165) is 16.8 Å². The Morgan fingerprint density at radius 3 is 2.34 bits per heavy atom. The molecule has 3 aromatic carbocycles. The minimum Gasteiger partial charge on any atom is -0.497 e. The molecule has 0 radical (unpaired) electrons. The summed E-state index contributed by atoms with van der Waals surface area (Å²) in [6, 6.07) is 21.4. The van der Waals surface area contributed by atoms with Crippen molar-refractivity contribution in [2.24, 2.45) is 0 Å². The molecule has 0 heterocycles. The Balaban J connectivity index is 2.02. The van der Waals surface area contributed by atoms with Crippen LogP contribution in [0.4, 0.5) is 5.69 Å². The Labute approximate surface area is 176 Å². The number of nitrogens with zero attached hydrogens (tertiary/aromatic N) is 1. The van der Waals surface area contributed by atoms with E-state index in [4.69, 9.17) is 21.1 Å². The van der Waals surface area contributed by atoms with E-state index in [9.17, 15) is 4.79 Å². The van der Waals surface area contributed by atoms with Crippen molar-refractivity contribution in [1.82, 2.24) is 0 Å². The van der Waals surface area contributed by atoms with Gasteiger partial charge in [0.05, 0.1) is 20.8 Å². The molecule has 0 spiro atoms. The van der Waals surface area contributed by atoms with Gasteiger partial charge in [-0.1, -0.05) is 48.0 Å². The number of halogens is 1. The zero-order valence-electron chi connectivity index (χ0n) is 16.8. The van der Waals surface area contributed by atoms with E-state index in [0.29, 0.717) is 29.5 Å². The van der Waals surface area contributed by atoms with Crippen LogP contribution in [0.3, 0.4) is 0 Å². The highest BCUT2D eigenvalue weighted by molar-refractivity contribution is 6.31. The maximum atomic E-state index is 12.6. The first-order valence-corrected chi connectivity index (χ1v) is 9.71. The first-order valence-electron chi connectivity index (χ1n) is 9.33. The average molecular weight is 410 g/mol. The number of hydrogen-bond acceptors (Lipinski definition) is 3. The predicted molar refractivity (Wildman–Crippen MR) is 117 cm³/mol. The molecule has 0 aromatic heterocycles. The van der Waals surface area contributed by atoms with Crippen molar-refractivity contribution >= 4 is 23.2 Å². The summed E-state index contributed by atoms with van der Waals surface area (Å²) in [7, 11) is 3.23. The maximum absolute atomic E-state index is 12.6. The molecule has 0 fully saturated rings. The van der Waals surface area contributed by atoms with Crippen LogP contribution in [-0.2, 0) is 17.8 Å². The number of methoxy groups -OCH3 is 2. The second kappa shape index (κ2) is 9.48. The normalized spacial score (nSPS) is 10.5. The first-order chi connectivity index (χ1) is 14.0. The molecule has 0 aliphatic heterocycles. The van der Waals surface area contributed by atoms with Crippen LogP contribution in [0.1, 0.15) is 23.6 Å². The van der Waals surface area contributed by atoms with Crippen molar-refractivity contribution in [2.75, 3.05) is 19.1 Å². The summed E-state index contributed by atoms with van der Waals surface area (Å²) in [5.74, 6) is 1.33. The number of carbonyl (C=O) groups excluding carboxylic acids is 1. The summed E-state index contributed by atoms with van der Waals surface area (Å²) in [5.41, 5.74) is 3.84. The van der Waals surface area contributed by atoms with Crippen molar-refractivity contribution in [3.8, 4) is 11.5 Å². The van der Waals surface area contributed by atoms with Crippen LogP contribution in [0.25, 0.3) is 0 Å². The van der Waals surface area contributed by atoms with Gasteiger partial charge < -0.3 is 14.4 Å². The van der Waals surface area contributed by atoms with Crippen LogP contribution >= 0.6 is 11.6 Å². The van der Waals surface area contributed by atoms with Gasteiger partial charge in [-0.15, -0.1) is 0 Å². The maximum Gasteiger partial charge on any atom is 0.224 e. The highest BCUT2D eigenvalue weighted by Crippen LogP contribution is 2.31. The fourth-order valence-corrected chi connectivity index (χ4v) is 3.46. The van der Waals surface area contributed by atoms with Gasteiger partial charge in [0.25, 0.3) is 0 Å². The summed E-state index contributed by atoms with van der Waals surface area (Å²) < 4.78 is 10.8. The number of ether oxygens (including phenoxy) is 2. The monoisotopic (exact) mass is 409 g/mol. The fourth-order valence-electron chi connectivity index (χ4n) is 3.30. The van der Waals surface area contributed by atoms with E-state index in [1.807, 2.05) is 54.6 Å². The molecule has 4 nitrogen and oxygen atoms in total. The SMILES string of the molecule is COc1ccc(OC)c(CN(C(C)=O)c2cc(Cl)ccc2Cc2ccccc2)c1. The van der Waals surface area contributed by atoms with Gasteiger partial charge in [-0.3, -0.25) is 4.79 Å². The minimum absolute atomic E-state index is 0.0774. The van der Waals surface area contributed by atoms with Gasteiger partial charge in [0.2, 0.25) is 5.91 Å². The molecule has 0 aliphatic carbocycles. The number of hydrogen-bond donors (Lipinski definition) is 0. The molecule has 3 aromatic rings. The zero-order chi connectivity index (χ0) is 20.8. The third kappa shape index (κ3) is 5.09. The van der Waals surface area contributed by atoms with E-state index in [2.05, 4.69) is 12.1 Å². The molecule has 0 aliphatic rings. The van der Waals surface area contributed by atoms with E-state index in [1.165, 1.54) is 5.56 Å². The molecule has 3 rings (SSSR count). The number of anilines is 1. The van der Waals surface area contributed by atoms with Crippen molar-refractivity contribution in [1.29, 1.82) is 0 Å². The van der Waals surface area contributed by atoms with Gasteiger partial charge in [-0.2, -0.15) is 0 Å². The van der Waals surface area contributed by atoms with Crippen LogP contribution in [0.5, 0.6) is 11.5 Å².